The van der Waals surface area contributed by atoms with Crippen molar-refractivity contribution in [2.75, 3.05) is 119 Å². The Morgan fingerprint density at radius 2 is 0.712 bits per heavy atom. The molecule has 0 aliphatic carbocycles. The van der Waals surface area contributed by atoms with Gasteiger partial charge in [0, 0.05) is 156 Å². The first-order valence-corrected chi connectivity index (χ1v) is 52.5. The van der Waals surface area contributed by atoms with Gasteiger partial charge in [0.2, 0.25) is 59.1 Å². The van der Waals surface area contributed by atoms with Crippen LogP contribution in [0.2, 0.25) is 0 Å². The van der Waals surface area contributed by atoms with Gasteiger partial charge in [0.05, 0.1) is 71.1 Å². The van der Waals surface area contributed by atoms with Crippen LogP contribution in [0.3, 0.4) is 0 Å². The number of carbonyl (C=O) groups is 12. The summed E-state index contributed by atoms with van der Waals surface area (Å²) in [5.74, 6) is -3.45. The van der Waals surface area contributed by atoms with Crippen LogP contribution in [0.25, 0.3) is 6.08 Å². The number of nitrogens with one attached hydrogen (secondary N) is 11. The molecular formula is C101H174N12O33. The number of amides is 10. The number of aromatic amines is 1. The third-order valence-corrected chi connectivity index (χ3v) is 25.6. The number of hydrogen-bond donors (Lipinski definition) is 20. The van der Waals surface area contributed by atoms with E-state index in [0.29, 0.717) is 96.4 Å². The summed E-state index contributed by atoms with van der Waals surface area (Å²) in [6.45, 7) is 15.5. The van der Waals surface area contributed by atoms with Gasteiger partial charge >= 0.3 is 5.69 Å². The van der Waals surface area contributed by atoms with E-state index < -0.39 is 152 Å². The molecule has 6 unspecified atom stereocenters. The normalized spacial score (nSPS) is 23.6. The van der Waals surface area contributed by atoms with Gasteiger partial charge in [0.15, 0.2) is 18.9 Å². The molecule has 1 aromatic heterocycles. The summed E-state index contributed by atoms with van der Waals surface area (Å²) < 4.78 is 60.4. The van der Waals surface area contributed by atoms with Gasteiger partial charge in [0.25, 0.3) is 5.56 Å². The van der Waals surface area contributed by atoms with Crippen molar-refractivity contribution in [2.45, 2.75) is 397 Å². The third-order valence-electron chi connectivity index (χ3n) is 25.6. The Hall–Kier alpha value is -8.30. The fourth-order valence-electron chi connectivity index (χ4n) is 17.5. The van der Waals surface area contributed by atoms with Crippen molar-refractivity contribution in [3.8, 4) is 0 Å². The third kappa shape index (κ3) is 51.5. The van der Waals surface area contributed by atoms with E-state index in [-0.39, 0.29) is 225 Å². The Morgan fingerprint density at radius 3 is 1.08 bits per heavy atom. The van der Waals surface area contributed by atoms with Crippen LogP contribution in [0.15, 0.2) is 21.9 Å². The summed E-state index contributed by atoms with van der Waals surface area (Å²) in [4.78, 5) is 181. The number of aromatic nitrogens is 2. The quantitative estimate of drug-likeness (QED) is 0.0324. The fraction of sp³-hybridized carbons (Fsp3) is 0.822. The number of H-pyrrole nitrogens is 1. The van der Waals surface area contributed by atoms with Gasteiger partial charge < -0.3 is 146 Å². The van der Waals surface area contributed by atoms with Crippen molar-refractivity contribution >= 4 is 76.7 Å². The molecule has 836 valence electrons. The standard InChI is InChI=1S/C101H174N12O33/c1-66(117)108-85-91(132)88(129)74(60-114)144-95(85)140-51-28-23-36-71(121)35-22-27-46-103-80(125)42-54-137-63-101(64-138-55-43-81(126)106-49-31-47-104-77(122)37-24-29-52-141-96-86(109-67(2)118)92(133)89(130)75(61-115)145-96,65-139-56-44-82(127)107-50-32-48-105-78(123)38-25-30-53-142-97-87(110-68(3)119)93(134)90(131)76(62-116)146-97)112-83(128)39-21-17-13-11-10-12-15-19-33-70(120)34-20-16-14-18-26-45-102-79(124)41-40-69-59-113(98(136)111-94(69)135)84-57-72(100(7,8)9)73(143-84)58-99(4,5)6/h40-41,59,72-76,84-93,95-97,114-116,129-134H,10-39,42-58,60-65H2,1-9H3,(H,102,124)(H,103,125)(H,104,122)(H,105,123)(H,106,126)(H,107,127)(H,108,117)(H,109,118)(H,110,119)(H,112,128)(H,111,135,136)/b41-40+/t72-,73-,74?,75?,76?,84-,85?,86?,87?,88-,89-,90-,91-,92-,93-,95-,96-,97-,101?/m1/s1. The minimum Gasteiger partial charge on any atom is -0.394 e. The van der Waals surface area contributed by atoms with Gasteiger partial charge in [-0.1, -0.05) is 99.3 Å². The van der Waals surface area contributed by atoms with Crippen molar-refractivity contribution in [1.29, 1.82) is 0 Å². The molecule has 0 aromatic carbocycles. The average molecular weight is 2080 g/mol. The highest BCUT2D eigenvalue weighted by atomic mass is 16.7. The molecule has 20 N–H and O–H groups in total. The summed E-state index contributed by atoms with van der Waals surface area (Å²) in [5.41, 5.74) is -2.51. The molecule has 10 amide bonds. The molecule has 45 nitrogen and oxygen atoms in total. The molecule has 4 aliphatic rings. The summed E-state index contributed by atoms with van der Waals surface area (Å²) in [7, 11) is 0. The minimum absolute atomic E-state index is 0.00472. The monoisotopic (exact) mass is 2080 g/mol. The molecule has 0 radical (unpaired) electrons. The van der Waals surface area contributed by atoms with E-state index in [2.05, 4.69) is 99.7 Å². The number of aliphatic hydroxyl groups excluding tert-OH is 9. The lowest BCUT2D eigenvalue weighted by atomic mass is 9.73. The lowest BCUT2D eigenvalue weighted by molar-refractivity contribution is -0.270. The van der Waals surface area contributed by atoms with E-state index in [9.17, 15) is 113 Å². The predicted octanol–water partition coefficient (Wildman–Crippen LogP) is 1.43. The maximum atomic E-state index is 14.2. The second-order valence-electron chi connectivity index (χ2n) is 40.8. The molecular weight excluding hydrogens is 1910 g/mol. The minimum atomic E-state index is -1.47. The van der Waals surface area contributed by atoms with Crippen LogP contribution < -0.4 is 64.4 Å². The molecule has 0 bridgehead atoms. The lowest BCUT2D eigenvalue weighted by Crippen LogP contribution is -2.64. The second kappa shape index (κ2) is 70.7. The van der Waals surface area contributed by atoms with Crippen LogP contribution in [0.5, 0.6) is 0 Å². The summed E-state index contributed by atoms with van der Waals surface area (Å²) >= 11 is 0. The SMILES string of the molecule is CC(=O)NC1[C@H](OCCCCC(=O)CCCCNC(=O)CCOCC(COCCC(=O)NCCCNC(=O)CCCCO[C@@H]2OC(CO)[C@@H](O)[C@H](O)C2NC(C)=O)(COCCC(=O)NCCCNC(=O)CCCCO[C@@H]2OC(CO)[C@@H](O)[C@H](O)C2NC(C)=O)NC(=O)CCCCCCCCCCC(=O)CCCCCCCNC(=O)/C=C/c2cn([C@H]3C[C@@H](C(C)(C)C)[C@@H](CC(C)(C)C)O3)c(=O)[nH]c2=O)OC(CO)[C@@H](O)[C@@H]1O. The molecule has 5 heterocycles. The number of Topliss-reactive ketones (excluding diaryl/α,β-unsaturated/α-hetero) is 2. The van der Waals surface area contributed by atoms with E-state index >= 15 is 0 Å². The van der Waals surface area contributed by atoms with Gasteiger partial charge in [-0.15, -0.1) is 0 Å². The van der Waals surface area contributed by atoms with Crippen LogP contribution >= 0.6 is 0 Å². The molecule has 45 heteroatoms. The number of carbonyl (C=O) groups excluding carboxylic acids is 12. The molecule has 146 heavy (non-hydrogen) atoms. The van der Waals surface area contributed by atoms with E-state index in [1.165, 1.54) is 43.7 Å². The van der Waals surface area contributed by atoms with Crippen molar-refractivity contribution in [3.05, 3.63) is 38.7 Å². The summed E-state index contributed by atoms with van der Waals surface area (Å²) in [6.07, 6.45) is 5.64. The Kier molecular flexibility index (Phi) is 62.1. The fourth-order valence-corrected chi connectivity index (χ4v) is 17.5. The first-order chi connectivity index (χ1) is 69.6. The first kappa shape index (κ1) is 128. The van der Waals surface area contributed by atoms with Crippen molar-refractivity contribution in [1.82, 2.24) is 62.7 Å². The maximum Gasteiger partial charge on any atom is 0.330 e. The number of nitrogens with zero attached hydrogens (tertiary/aromatic N) is 1. The Labute approximate surface area is 857 Å². The highest BCUT2D eigenvalue weighted by Crippen LogP contribution is 2.47. The van der Waals surface area contributed by atoms with E-state index in [0.717, 1.165) is 83.5 Å². The maximum absolute atomic E-state index is 14.2. The zero-order chi connectivity index (χ0) is 108. The van der Waals surface area contributed by atoms with Crippen LogP contribution in [0, 0.1) is 16.7 Å². The molecule has 4 aliphatic heterocycles. The zero-order valence-electron chi connectivity index (χ0n) is 87.4. The molecule has 4 fully saturated rings. The van der Waals surface area contributed by atoms with Crippen LogP contribution in [-0.2, 0) is 105 Å². The van der Waals surface area contributed by atoms with E-state index in [1.807, 2.05) is 0 Å². The number of unbranched alkanes of at least 4 members (excludes halogenated alkanes) is 15. The van der Waals surface area contributed by atoms with Gasteiger partial charge in [-0.25, -0.2) is 4.79 Å². The largest absolute Gasteiger partial charge is 0.394 e. The number of ether oxygens (including phenoxy) is 10. The van der Waals surface area contributed by atoms with Crippen LogP contribution in [0.1, 0.15) is 299 Å². The Bertz CT molecular complexity index is 3940. The number of aliphatic hydroxyl groups is 9. The highest BCUT2D eigenvalue weighted by molar-refractivity contribution is 5.91. The lowest BCUT2D eigenvalue weighted by Gasteiger charge is -2.42. The topological polar surface area (TPSA) is 654 Å². The second-order valence-corrected chi connectivity index (χ2v) is 40.8. The summed E-state index contributed by atoms with van der Waals surface area (Å²) in [5, 5.41) is 119. The molecule has 0 saturated carbocycles. The number of ketones is 2. The van der Waals surface area contributed by atoms with Crippen LogP contribution in [-0.4, -0.2) is 348 Å². The zero-order valence-corrected chi connectivity index (χ0v) is 87.4. The molecule has 0 spiro atoms. The Morgan fingerprint density at radius 1 is 0.390 bits per heavy atom. The smallest absolute Gasteiger partial charge is 0.330 e. The summed E-state index contributed by atoms with van der Waals surface area (Å²) in [6, 6.07) is -3.31. The molecule has 1 aromatic rings. The van der Waals surface area contributed by atoms with Gasteiger partial charge in [-0.2, -0.15) is 0 Å². The van der Waals surface area contributed by atoms with Crippen LogP contribution in [0.4, 0.5) is 0 Å². The van der Waals surface area contributed by atoms with Gasteiger partial charge in [0.1, 0.15) is 96.4 Å². The van der Waals surface area contributed by atoms with Gasteiger partial charge in [-0.05, 0) is 126 Å². The molecule has 18 atom stereocenters. The highest BCUT2D eigenvalue weighted by Gasteiger charge is 2.50. The number of hydrogen-bond acceptors (Lipinski definition) is 33. The first-order valence-electron chi connectivity index (χ1n) is 52.5. The average Bonchev–Trinajstić information content (AvgIpc) is 1.65. The Balaban J connectivity index is 1.09. The molecule has 5 rings (SSSR count). The van der Waals surface area contributed by atoms with E-state index in [4.69, 9.17) is 47.4 Å². The number of rotatable bonds is 76. The molecule has 4 saturated heterocycles. The van der Waals surface area contributed by atoms with Crippen molar-refractivity contribution in [3.63, 3.8) is 0 Å². The predicted molar refractivity (Wildman–Crippen MR) is 534 cm³/mol. The van der Waals surface area contributed by atoms with Crippen molar-refractivity contribution in [2.24, 2.45) is 16.7 Å². The van der Waals surface area contributed by atoms with E-state index in [1.54, 1.807) is 0 Å². The van der Waals surface area contributed by atoms with Gasteiger partial charge in [-0.3, -0.25) is 71.9 Å². The van der Waals surface area contributed by atoms with Crippen molar-refractivity contribution < 1.29 is 151 Å².